The number of carbonyl (C=O) groups excluding carboxylic acids is 1. The van der Waals surface area contributed by atoms with Crippen molar-refractivity contribution in [3.05, 3.63) is 35.4 Å². The highest BCUT2D eigenvalue weighted by atomic mass is 79.9. The average Bonchev–Trinajstić information content (AvgIpc) is 2.68. The lowest BCUT2D eigenvalue weighted by molar-refractivity contribution is 0.0934. The zero-order chi connectivity index (χ0) is 12.4. The molecular weight excluding hydrogens is 292 g/mol. The Kier molecular flexibility index (Phi) is 3.76. The number of nitrogens with one attached hydrogen (secondary N) is 1. The zero-order valence-electron chi connectivity index (χ0n) is 9.05. The molecule has 0 bridgehead atoms. The molecule has 0 aliphatic heterocycles. The molecule has 0 heterocycles. The second-order valence-corrected chi connectivity index (χ2v) is 5.33. The molecule has 1 aromatic rings. The molecule has 17 heavy (non-hydrogen) atoms. The molecule has 1 N–H and O–H groups in total. The highest BCUT2D eigenvalue weighted by Gasteiger charge is 2.27. The fourth-order valence-electron chi connectivity index (χ4n) is 2.00. The maximum atomic E-state index is 13.4. The van der Waals surface area contributed by atoms with Gasteiger partial charge in [-0.3, -0.25) is 4.79 Å². The van der Waals surface area contributed by atoms with Gasteiger partial charge in [0.2, 0.25) is 0 Å². The predicted molar refractivity (Wildman–Crippen MR) is 64.2 cm³/mol. The largest absolute Gasteiger partial charge is 0.348 e. The molecule has 1 aliphatic rings. The van der Waals surface area contributed by atoms with E-state index in [-0.39, 0.29) is 16.4 Å². The van der Waals surface area contributed by atoms with Crippen LogP contribution < -0.4 is 5.32 Å². The van der Waals surface area contributed by atoms with Gasteiger partial charge in [0.05, 0.1) is 5.56 Å². The first kappa shape index (κ1) is 12.5. The summed E-state index contributed by atoms with van der Waals surface area (Å²) in [6, 6.07) is 2.87. The van der Waals surface area contributed by atoms with Gasteiger partial charge in [0.1, 0.15) is 11.6 Å². The number of carbonyl (C=O) groups is 1. The Hall–Kier alpha value is -0.970. The molecule has 92 valence electrons. The molecule has 0 saturated heterocycles. The SMILES string of the molecule is O=C(NC1CCCC1Br)c1cc(F)ccc1F. The van der Waals surface area contributed by atoms with Crippen LogP contribution in [0.5, 0.6) is 0 Å². The Balaban J connectivity index is 2.11. The van der Waals surface area contributed by atoms with Gasteiger partial charge < -0.3 is 5.32 Å². The van der Waals surface area contributed by atoms with Gasteiger partial charge in [0.25, 0.3) is 5.91 Å². The summed E-state index contributed by atoms with van der Waals surface area (Å²) in [5.41, 5.74) is -0.239. The molecule has 1 amide bonds. The molecule has 2 unspecified atom stereocenters. The predicted octanol–water partition coefficient (Wildman–Crippen LogP) is 3.01. The minimum absolute atomic E-state index is 0.00910. The Morgan fingerprint density at radius 3 is 2.76 bits per heavy atom. The highest BCUT2D eigenvalue weighted by molar-refractivity contribution is 9.09. The van der Waals surface area contributed by atoms with Crippen LogP contribution in [-0.4, -0.2) is 16.8 Å². The van der Waals surface area contributed by atoms with Crippen molar-refractivity contribution in [2.45, 2.75) is 30.1 Å². The summed E-state index contributed by atoms with van der Waals surface area (Å²) in [4.78, 5) is 12.0. The van der Waals surface area contributed by atoms with E-state index in [1.165, 1.54) is 0 Å². The maximum Gasteiger partial charge on any atom is 0.254 e. The first-order valence-electron chi connectivity index (χ1n) is 5.48. The normalized spacial score (nSPS) is 23.7. The molecule has 2 atom stereocenters. The van der Waals surface area contributed by atoms with Crippen LogP contribution in [0.1, 0.15) is 29.6 Å². The van der Waals surface area contributed by atoms with Crippen LogP contribution in [0.15, 0.2) is 18.2 Å². The highest BCUT2D eigenvalue weighted by Crippen LogP contribution is 2.26. The minimum atomic E-state index is -0.701. The van der Waals surface area contributed by atoms with E-state index in [9.17, 15) is 13.6 Å². The smallest absolute Gasteiger partial charge is 0.254 e. The Labute approximate surface area is 107 Å². The molecule has 2 nitrogen and oxygen atoms in total. The van der Waals surface area contributed by atoms with E-state index in [4.69, 9.17) is 0 Å². The standard InChI is InChI=1S/C12H12BrF2NO/c13-9-2-1-3-11(9)16-12(17)8-6-7(14)4-5-10(8)15/h4-6,9,11H,1-3H2,(H,16,17). The second kappa shape index (κ2) is 5.12. The summed E-state index contributed by atoms with van der Waals surface area (Å²) >= 11 is 3.46. The molecule has 1 saturated carbocycles. The van der Waals surface area contributed by atoms with Crippen LogP contribution in [0.4, 0.5) is 8.78 Å². The van der Waals surface area contributed by atoms with Gasteiger partial charge in [-0.15, -0.1) is 0 Å². The lowest BCUT2D eigenvalue weighted by Crippen LogP contribution is -2.38. The number of alkyl halides is 1. The second-order valence-electron chi connectivity index (χ2n) is 4.15. The monoisotopic (exact) mass is 303 g/mol. The van der Waals surface area contributed by atoms with Gasteiger partial charge in [-0.25, -0.2) is 8.78 Å². The lowest BCUT2D eigenvalue weighted by Gasteiger charge is -2.16. The van der Waals surface area contributed by atoms with Gasteiger partial charge in [-0.2, -0.15) is 0 Å². The van der Waals surface area contributed by atoms with E-state index < -0.39 is 17.5 Å². The average molecular weight is 304 g/mol. The van der Waals surface area contributed by atoms with Crippen molar-refractivity contribution in [3.63, 3.8) is 0 Å². The Morgan fingerprint density at radius 2 is 2.12 bits per heavy atom. The van der Waals surface area contributed by atoms with Crippen molar-refractivity contribution >= 4 is 21.8 Å². The van der Waals surface area contributed by atoms with Crippen LogP contribution in [0, 0.1) is 11.6 Å². The van der Waals surface area contributed by atoms with Gasteiger partial charge in [-0.05, 0) is 31.0 Å². The van der Waals surface area contributed by atoms with Crippen LogP contribution in [0.25, 0.3) is 0 Å². The summed E-state index contributed by atoms with van der Waals surface area (Å²) in [6.45, 7) is 0. The molecule has 5 heteroatoms. The third-order valence-electron chi connectivity index (χ3n) is 2.92. The third-order valence-corrected chi connectivity index (χ3v) is 4.02. The first-order chi connectivity index (χ1) is 8.08. The number of halogens is 3. The first-order valence-corrected chi connectivity index (χ1v) is 6.39. The minimum Gasteiger partial charge on any atom is -0.348 e. The van der Waals surface area contributed by atoms with Crippen LogP contribution in [0.3, 0.4) is 0 Å². The molecule has 0 aromatic heterocycles. The van der Waals surface area contributed by atoms with Gasteiger partial charge in [-0.1, -0.05) is 22.4 Å². The van der Waals surface area contributed by atoms with Crippen molar-refractivity contribution < 1.29 is 13.6 Å². The number of hydrogen-bond acceptors (Lipinski definition) is 1. The lowest BCUT2D eigenvalue weighted by atomic mass is 10.1. The number of rotatable bonds is 2. The summed E-state index contributed by atoms with van der Waals surface area (Å²) in [7, 11) is 0. The van der Waals surface area contributed by atoms with Crippen LogP contribution in [-0.2, 0) is 0 Å². The van der Waals surface area contributed by atoms with E-state index in [1.54, 1.807) is 0 Å². The molecule has 1 aliphatic carbocycles. The molecule has 0 radical (unpaired) electrons. The fraction of sp³-hybridized carbons (Fsp3) is 0.417. The number of benzene rings is 1. The van der Waals surface area contributed by atoms with Crippen molar-refractivity contribution in [1.29, 1.82) is 0 Å². The molecular formula is C12H12BrF2NO. The van der Waals surface area contributed by atoms with Crippen molar-refractivity contribution in [2.24, 2.45) is 0 Å². The van der Waals surface area contributed by atoms with E-state index in [2.05, 4.69) is 21.2 Å². The number of amides is 1. The van der Waals surface area contributed by atoms with Crippen molar-refractivity contribution in [2.75, 3.05) is 0 Å². The van der Waals surface area contributed by atoms with Crippen LogP contribution >= 0.6 is 15.9 Å². The van der Waals surface area contributed by atoms with E-state index in [0.29, 0.717) is 0 Å². The quantitative estimate of drug-likeness (QED) is 0.836. The summed E-state index contributed by atoms with van der Waals surface area (Å²) in [5, 5.41) is 2.72. The summed E-state index contributed by atoms with van der Waals surface area (Å²) < 4.78 is 26.3. The maximum absolute atomic E-state index is 13.4. The molecule has 1 aromatic carbocycles. The van der Waals surface area contributed by atoms with Crippen molar-refractivity contribution in [3.8, 4) is 0 Å². The van der Waals surface area contributed by atoms with Gasteiger partial charge in [0.15, 0.2) is 0 Å². The van der Waals surface area contributed by atoms with Crippen molar-refractivity contribution in [1.82, 2.24) is 5.32 Å². The topological polar surface area (TPSA) is 29.1 Å². The third kappa shape index (κ3) is 2.83. The summed E-state index contributed by atoms with van der Waals surface area (Å²) in [6.07, 6.45) is 2.86. The molecule has 2 rings (SSSR count). The Bertz CT molecular complexity index is 439. The van der Waals surface area contributed by atoms with Gasteiger partial charge in [0, 0.05) is 10.9 Å². The van der Waals surface area contributed by atoms with E-state index in [0.717, 1.165) is 37.5 Å². The van der Waals surface area contributed by atoms with E-state index in [1.807, 2.05) is 0 Å². The molecule has 1 fully saturated rings. The fourth-order valence-corrected chi connectivity index (χ4v) is 2.72. The van der Waals surface area contributed by atoms with Gasteiger partial charge >= 0.3 is 0 Å². The Morgan fingerprint density at radius 1 is 1.35 bits per heavy atom. The van der Waals surface area contributed by atoms with Crippen LogP contribution in [0.2, 0.25) is 0 Å². The number of hydrogen-bond donors (Lipinski definition) is 1. The zero-order valence-corrected chi connectivity index (χ0v) is 10.6. The van der Waals surface area contributed by atoms with E-state index >= 15 is 0 Å². The molecule has 0 spiro atoms. The summed E-state index contributed by atoms with van der Waals surface area (Å²) in [5.74, 6) is -1.87.